The van der Waals surface area contributed by atoms with Gasteiger partial charge in [0.05, 0.1) is 18.9 Å². The molecule has 0 aliphatic carbocycles. The van der Waals surface area contributed by atoms with Crippen molar-refractivity contribution in [1.82, 2.24) is 4.98 Å². The first-order valence-electron chi connectivity index (χ1n) is 5.76. The van der Waals surface area contributed by atoms with E-state index in [-0.39, 0.29) is 0 Å². The van der Waals surface area contributed by atoms with Crippen LogP contribution in [0.2, 0.25) is 0 Å². The zero-order chi connectivity index (χ0) is 12.8. The predicted octanol–water partition coefficient (Wildman–Crippen LogP) is 2.97. The maximum atomic E-state index is 5.55. The minimum Gasteiger partial charge on any atom is -0.373 e. The molecule has 1 aromatic heterocycles. The molecule has 0 atom stereocenters. The maximum absolute atomic E-state index is 5.55. The van der Waals surface area contributed by atoms with E-state index in [4.69, 9.17) is 10.5 Å². The van der Waals surface area contributed by atoms with E-state index in [9.17, 15) is 0 Å². The van der Waals surface area contributed by atoms with Crippen molar-refractivity contribution in [2.75, 3.05) is 6.61 Å². The Morgan fingerprint density at radius 3 is 2.72 bits per heavy atom. The van der Waals surface area contributed by atoms with E-state index in [1.54, 1.807) is 17.4 Å². The van der Waals surface area contributed by atoms with E-state index in [0.29, 0.717) is 19.8 Å². The highest BCUT2D eigenvalue weighted by atomic mass is 32.1. The summed E-state index contributed by atoms with van der Waals surface area (Å²) in [7, 11) is 0. The molecule has 0 fully saturated rings. The Labute approximate surface area is 111 Å². The van der Waals surface area contributed by atoms with Gasteiger partial charge >= 0.3 is 0 Å². The van der Waals surface area contributed by atoms with Gasteiger partial charge in [-0.05, 0) is 5.56 Å². The minimum atomic E-state index is 0.490. The molecule has 18 heavy (non-hydrogen) atoms. The average molecular weight is 260 g/mol. The second-order valence-corrected chi connectivity index (χ2v) is 4.71. The van der Waals surface area contributed by atoms with Crippen molar-refractivity contribution in [3.05, 3.63) is 53.6 Å². The van der Waals surface area contributed by atoms with Crippen molar-refractivity contribution in [2.45, 2.75) is 13.2 Å². The molecular weight excluding hydrogens is 244 g/mol. The third kappa shape index (κ3) is 3.26. The Morgan fingerprint density at radius 2 is 2.11 bits per heavy atom. The zero-order valence-corrected chi connectivity index (χ0v) is 11.0. The van der Waals surface area contributed by atoms with Gasteiger partial charge in [0.2, 0.25) is 0 Å². The second kappa shape index (κ2) is 6.44. The minimum absolute atomic E-state index is 0.490. The summed E-state index contributed by atoms with van der Waals surface area (Å²) >= 11 is 1.62. The van der Waals surface area contributed by atoms with Crippen molar-refractivity contribution in [1.29, 1.82) is 0 Å². The number of hydrogen-bond acceptors (Lipinski definition) is 4. The molecule has 1 aromatic carbocycles. The van der Waals surface area contributed by atoms with Crippen LogP contribution in [0.15, 0.2) is 42.3 Å². The van der Waals surface area contributed by atoms with Gasteiger partial charge < -0.3 is 10.5 Å². The van der Waals surface area contributed by atoms with E-state index >= 15 is 0 Å². The van der Waals surface area contributed by atoms with Gasteiger partial charge in [-0.15, -0.1) is 17.9 Å². The van der Waals surface area contributed by atoms with Gasteiger partial charge in [-0.25, -0.2) is 4.98 Å². The number of rotatable bonds is 6. The lowest BCUT2D eigenvalue weighted by atomic mass is 10.1. The Bertz CT molecular complexity index is 505. The number of nitrogens with two attached hydrogens (primary N) is 1. The monoisotopic (exact) mass is 260 g/mol. The van der Waals surface area contributed by atoms with Crippen molar-refractivity contribution in [3.8, 4) is 10.6 Å². The fraction of sp³-hybridized carbons (Fsp3) is 0.214. The van der Waals surface area contributed by atoms with Crippen molar-refractivity contribution in [3.63, 3.8) is 0 Å². The lowest BCUT2D eigenvalue weighted by Crippen LogP contribution is -1.95. The summed E-state index contributed by atoms with van der Waals surface area (Å²) in [4.78, 5) is 4.45. The standard InChI is InChI=1S/C14H16N2OS/c1-2-7-17-9-11-3-5-12(6-4-11)14-16-13(8-15)10-18-14/h2-6,10H,1,7-9,15H2. The molecule has 4 heteroatoms. The molecule has 0 unspecified atom stereocenters. The molecule has 94 valence electrons. The van der Waals surface area contributed by atoms with E-state index < -0.39 is 0 Å². The molecule has 2 rings (SSSR count). The van der Waals surface area contributed by atoms with Crippen molar-refractivity contribution in [2.24, 2.45) is 5.73 Å². The molecule has 2 aromatic rings. The molecular formula is C14H16N2OS. The van der Waals surface area contributed by atoms with Gasteiger partial charge in [0.15, 0.2) is 0 Å². The quantitative estimate of drug-likeness (QED) is 0.641. The topological polar surface area (TPSA) is 48.1 Å². The smallest absolute Gasteiger partial charge is 0.123 e. The Hall–Kier alpha value is -1.49. The number of benzene rings is 1. The van der Waals surface area contributed by atoms with Gasteiger partial charge in [-0.2, -0.15) is 0 Å². The van der Waals surface area contributed by atoms with E-state index in [1.807, 2.05) is 5.38 Å². The summed E-state index contributed by atoms with van der Waals surface area (Å²) in [6.45, 7) is 5.29. The largest absolute Gasteiger partial charge is 0.373 e. The highest BCUT2D eigenvalue weighted by Crippen LogP contribution is 2.24. The fourth-order valence-corrected chi connectivity index (χ4v) is 2.38. The normalized spacial score (nSPS) is 10.5. The van der Waals surface area contributed by atoms with Gasteiger partial charge in [-0.1, -0.05) is 30.3 Å². The van der Waals surface area contributed by atoms with Crippen LogP contribution in [0.1, 0.15) is 11.3 Å². The second-order valence-electron chi connectivity index (χ2n) is 3.85. The predicted molar refractivity (Wildman–Crippen MR) is 75.3 cm³/mol. The molecule has 1 heterocycles. The number of thiazole rings is 1. The van der Waals surface area contributed by atoms with Gasteiger partial charge in [0, 0.05) is 17.5 Å². The number of ether oxygens (including phenoxy) is 1. The van der Waals surface area contributed by atoms with E-state index in [1.165, 1.54) is 0 Å². The Balaban J connectivity index is 2.04. The number of hydrogen-bond donors (Lipinski definition) is 1. The van der Waals surface area contributed by atoms with Crippen LogP contribution in [0.3, 0.4) is 0 Å². The van der Waals surface area contributed by atoms with Crippen LogP contribution in [0.4, 0.5) is 0 Å². The lowest BCUT2D eigenvalue weighted by molar-refractivity contribution is 0.149. The summed E-state index contributed by atoms with van der Waals surface area (Å²) in [5.74, 6) is 0. The van der Waals surface area contributed by atoms with Crippen LogP contribution < -0.4 is 5.73 Å². The van der Waals surface area contributed by atoms with E-state index in [2.05, 4.69) is 35.8 Å². The van der Waals surface area contributed by atoms with Crippen LogP contribution >= 0.6 is 11.3 Å². The van der Waals surface area contributed by atoms with Crippen LogP contribution in [0.5, 0.6) is 0 Å². The summed E-state index contributed by atoms with van der Waals surface area (Å²) in [5, 5.41) is 3.00. The van der Waals surface area contributed by atoms with Crippen LogP contribution in [0.25, 0.3) is 10.6 Å². The van der Waals surface area contributed by atoms with Gasteiger partial charge in [0.1, 0.15) is 5.01 Å². The molecule has 0 radical (unpaired) electrons. The van der Waals surface area contributed by atoms with Gasteiger partial charge in [0.25, 0.3) is 0 Å². The highest BCUT2D eigenvalue weighted by molar-refractivity contribution is 7.13. The summed E-state index contributed by atoms with van der Waals surface area (Å²) < 4.78 is 5.39. The average Bonchev–Trinajstić information content (AvgIpc) is 2.89. The maximum Gasteiger partial charge on any atom is 0.123 e. The van der Waals surface area contributed by atoms with Crippen LogP contribution in [-0.4, -0.2) is 11.6 Å². The molecule has 0 saturated carbocycles. The van der Waals surface area contributed by atoms with Crippen LogP contribution in [0, 0.1) is 0 Å². The molecule has 3 nitrogen and oxygen atoms in total. The number of aromatic nitrogens is 1. The SMILES string of the molecule is C=CCOCc1ccc(-c2nc(CN)cs2)cc1. The molecule has 0 aliphatic heterocycles. The first kappa shape index (κ1) is 13.0. The summed E-state index contributed by atoms with van der Waals surface area (Å²) in [6, 6.07) is 8.24. The Kier molecular flexibility index (Phi) is 4.64. The Morgan fingerprint density at radius 1 is 1.33 bits per heavy atom. The zero-order valence-electron chi connectivity index (χ0n) is 10.1. The highest BCUT2D eigenvalue weighted by Gasteiger charge is 2.03. The molecule has 0 spiro atoms. The lowest BCUT2D eigenvalue weighted by Gasteiger charge is -2.02. The van der Waals surface area contributed by atoms with Crippen molar-refractivity contribution < 1.29 is 4.74 Å². The molecule has 0 bridgehead atoms. The van der Waals surface area contributed by atoms with Gasteiger partial charge in [-0.3, -0.25) is 0 Å². The molecule has 0 saturated heterocycles. The first-order chi connectivity index (χ1) is 8.83. The third-order valence-corrected chi connectivity index (χ3v) is 3.41. The van der Waals surface area contributed by atoms with Crippen molar-refractivity contribution >= 4 is 11.3 Å². The van der Waals surface area contributed by atoms with Crippen LogP contribution in [-0.2, 0) is 17.9 Å². The molecule has 2 N–H and O–H groups in total. The summed E-state index contributed by atoms with van der Waals surface area (Å²) in [6.07, 6.45) is 1.75. The van der Waals surface area contributed by atoms with E-state index in [0.717, 1.165) is 21.8 Å². The number of nitrogens with zero attached hydrogens (tertiary/aromatic N) is 1. The first-order valence-corrected chi connectivity index (χ1v) is 6.64. The third-order valence-electron chi connectivity index (χ3n) is 2.47. The summed E-state index contributed by atoms with van der Waals surface area (Å²) in [5.41, 5.74) is 8.76. The molecule has 0 amide bonds. The fourth-order valence-electron chi connectivity index (χ4n) is 1.54. The molecule has 0 aliphatic rings.